The Kier molecular flexibility index (Phi) is 14.0. The summed E-state index contributed by atoms with van der Waals surface area (Å²) >= 11 is 0. The first kappa shape index (κ1) is 30.3. The number of hydrogen-bond donors (Lipinski definition) is 0. The molecule has 0 aliphatic rings. The average Bonchev–Trinajstić information content (AvgIpc) is 3.49. The lowest BCUT2D eigenvalue weighted by Gasteiger charge is -2.24. The number of aromatic nitrogens is 2. The van der Waals surface area contributed by atoms with Gasteiger partial charge in [-0.1, -0.05) is 94.7 Å². The number of nitrogens with zero attached hydrogens (tertiary/aromatic N) is 3. The zero-order chi connectivity index (χ0) is 27.5. The molecule has 2 aromatic carbocycles. The number of amides is 1. The molecule has 1 heterocycles. The van der Waals surface area contributed by atoms with Crippen LogP contribution >= 0.6 is 0 Å². The summed E-state index contributed by atoms with van der Waals surface area (Å²) in [5, 5.41) is 0. The summed E-state index contributed by atoms with van der Waals surface area (Å²) in [5.41, 5.74) is 2.15. The Hall–Kier alpha value is -3.28. The first-order valence-electron chi connectivity index (χ1n) is 14.8. The van der Waals surface area contributed by atoms with Crippen molar-refractivity contribution < 1.29 is 14.3 Å². The van der Waals surface area contributed by atoms with Gasteiger partial charge >= 0.3 is 0 Å². The highest BCUT2D eigenvalue weighted by molar-refractivity contribution is 5.76. The van der Waals surface area contributed by atoms with E-state index in [-0.39, 0.29) is 5.91 Å². The molecular formula is C33H47N3O3. The van der Waals surface area contributed by atoms with Crippen molar-refractivity contribution in [2.24, 2.45) is 0 Å². The van der Waals surface area contributed by atoms with E-state index in [9.17, 15) is 4.79 Å². The SMILES string of the molecule is CCCCCCCCCCCC(=O)N(CCCn1ccnc1)Cc1ccc(OCc2ccccc2)c(OC)c1. The Morgan fingerprint density at radius 1 is 0.872 bits per heavy atom. The van der Waals surface area contributed by atoms with Crippen LogP contribution in [-0.4, -0.2) is 34.0 Å². The lowest BCUT2D eigenvalue weighted by molar-refractivity contribution is -0.132. The van der Waals surface area contributed by atoms with Gasteiger partial charge in [-0.3, -0.25) is 4.79 Å². The van der Waals surface area contributed by atoms with Crippen molar-refractivity contribution in [2.45, 2.75) is 97.2 Å². The molecule has 0 saturated carbocycles. The zero-order valence-corrected chi connectivity index (χ0v) is 24.0. The van der Waals surface area contributed by atoms with Gasteiger partial charge in [-0.05, 0) is 36.1 Å². The molecular weight excluding hydrogens is 486 g/mol. The fourth-order valence-electron chi connectivity index (χ4n) is 4.79. The van der Waals surface area contributed by atoms with Crippen molar-refractivity contribution in [3.63, 3.8) is 0 Å². The first-order chi connectivity index (χ1) is 19.2. The number of carbonyl (C=O) groups is 1. The van der Waals surface area contributed by atoms with Crippen LogP contribution in [0.15, 0.2) is 67.3 Å². The van der Waals surface area contributed by atoms with E-state index in [1.165, 1.54) is 44.9 Å². The number of ether oxygens (including phenoxy) is 2. The predicted octanol–water partition coefficient (Wildman–Crippen LogP) is 7.81. The topological polar surface area (TPSA) is 56.6 Å². The van der Waals surface area contributed by atoms with Crippen LogP contribution in [0.2, 0.25) is 0 Å². The van der Waals surface area contributed by atoms with Crippen molar-refractivity contribution in [3.05, 3.63) is 78.4 Å². The van der Waals surface area contributed by atoms with E-state index >= 15 is 0 Å². The Bertz CT molecular complexity index is 1050. The third-order valence-corrected chi connectivity index (χ3v) is 7.09. The third kappa shape index (κ3) is 11.6. The van der Waals surface area contributed by atoms with E-state index in [1.54, 1.807) is 13.3 Å². The summed E-state index contributed by atoms with van der Waals surface area (Å²) in [6.45, 7) is 4.86. The van der Waals surface area contributed by atoms with Gasteiger partial charge in [-0.2, -0.15) is 0 Å². The largest absolute Gasteiger partial charge is 0.493 e. The van der Waals surface area contributed by atoms with Gasteiger partial charge in [0.2, 0.25) is 5.91 Å². The van der Waals surface area contributed by atoms with Crippen LogP contribution in [0.4, 0.5) is 0 Å². The molecule has 6 nitrogen and oxygen atoms in total. The smallest absolute Gasteiger partial charge is 0.222 e. The summed E-state index contributed by atoms with van der Waals surface area (Å²) in [6, 6.07) is 16.1. The molecule has 0 fully saturated rings. The van der Waals surface area contributed by atoms with Crippen molar-refractivity contribution in [2.75, 3.05) is 13.7 Å². The van der Waals surface area contributed by atoms with Gasteiger partial charge in [0.25, 0.3) is 0 Å². The van der Waals surface area contributed by atoms with Gasteiger partial charge in [-0.25, -0.2) is 4.98 Å². The minimum absolute atomic E-state index is 0.229. The monoisotopic (exact) mass is 533 g/mol. The highest BCUT2D eigenvalue weighted by Gasteiger charge is 2.15. The molecule has 6 heteroatoms. The van der Waals surface area contributed by atoms with E-state index in [1.807, 2.05) is 66.0 Å². The molecule has 0 aliphatic carbocycles. The molecule has 212 valence electrons. The maximum atomic E-state index is 13.3. The van der Waals surface area contributed by atoms with Crippen molar-refractivity contribution >= 4 is 5.91 Å². The van der Waals surface area contributed by atoms with Gasteiger partial charge in [0.05, 0.1) is 13.4 Å². The molecule has 0 bridgehead atoms. The molecule has 1 aromatic heterocycles. The number of benzene rings is 2. The number of carbonyl (C=O) groups excluding carboxylic acids is 1. The summed E-state index contributed by atoms with van der Waals surface area (Å²) < 4.78 is 13.7. The first-order valence-corrected chi connectivity index (χ1v) is 14.8. The number of aryl methyl sites for hydroxylation is 1. The minimum atomic E-state index is 0.229. The molecule has 0 N–H and O–H groups in total. The zero-order valence-electron chi connectivity index (χ0n) is 24.0. The minimum Gasteiger partial charge on any atom is -0.493 e. The van der Waals surface area contributed by atoms with Gasteiger partial charge in [0.1, 0.15) is 6.61 Å². The lowest BCUT2D eigenvalue weighted by Crippen LogP contribution is -2.32. The van der Waals surface area contributed by atoms with Crippen molar-refractivity contribution in [3.8, 4) is 11.5 Å². The second kappa shape index (κ2) is 18.1. The quantitative estimate of drug-likeness (QED) is 0.139. The summed E-state index contributed by atoms with van der Waals surface area (Å²) in [7, 11) is 1.66. The standard InChI is InChI=1S/C33H47N3O3/c1-3-4-5-6-7-8-9-10-14-18-33(37)36(23-15-22-35-24-21-34-28-35)26-30-19-20-31(32(25-30)38-2)39-27-29-16-12-11-13-17-29/h11-13,16-17,19-21,24-25,28H,3-10,14-15,18,22-23,26-27H2,1-2H3. The molecule has 0 unspecified atom stereocenters. The average molecular weight is 534 g/mol. The molecule has 3 aromatic rings. The molecule has 0 atom stereocenters. The second-order valence-corrected chi connectivity index (χ2v) is 10.3. The number of methoxy groups -OCH3 is 1. The third-order valence-electron chi connectivity index (χ3n) is 7.09. The Morgan fingerprint density at radius 2 is 1.62 bits per heavy atom. The van der Waals surface area contributed by atoms with Crippen LogP contribution in [-0.2, 0) is 24.5 Å². The van der Waals surface area contributed by atoms with Gasteiger partial charge < -0.3 is 18.9 Å². The number of hydrogen-bond acceptors (Lipinski definition) is 4. The van der Waals surface area contributed by atoms with Crippen LogP contribution < -0.4 is 9.47 Å². The van der Waals surface area contributed by atoms with E-state index in [0.29, 0.717) is 37.6 Å². The molecule has 39 heavy (non-hydrogen) atoms. The van der Waals surface area contributed by atoms with Crippen LogP contribution in [0, 0.1) is 0 Å². The molecule has 0 radical (unpaired) electrons. The fourth-order valence-corrected chi connectivity index (χ4v) is 4.79. The molecule has 0 spiro atoms. The maximum absolute atomic E-state index is 13.3. The Labute approximate surface area is 235 Å². The van der Waals surface area contributed by atoms with Crippen LogP contribution in [0.3, 0.4) is 0 Å². The normalized spacial score (nSPS) is 10.9. The fraction of sp³-hybridized carbons (Fsp3) is 0.515. The highest BCUT2D eigenvalue weighted by atomic mass is 16.5. The molecule has 1 amide bonds. The van der Waals surface area contributed by atoms with E-state index in [0.717, 1.165) is 36.9 Å². The maximum Gasteiger partial charge on any atom is 0.222 e. The van der Waals surface area contributed by atoms with Gasteiger partial charge in [-0.15, -0.1) is 0 Å². The number of rotatable bonds is 20. The summed E-state index contributed by atoms with van der Waals surface area (Å²) in [4.78, 5) is 19.4. The number of unbranched alkanes of at least 4 members (excludes halogenated alkanes) is 8. The summed E-state index contributed by atoms with van der Waals surface area (Å²) in [6.07, 6.45) is 18.3. The molecule has 0 aliphatic heterocycles. The van der Waals surface area contributed by atoms with E-state index < -0.39 is 0 Å². The van der Waals surface area contributed by atoms with Crippen molar-refractivity contribution in [1.82, 2.24) is 14.5 Å². The van der Waals surface area contributed by atoms with Crippen molar-refractivity contribution in [1.29, 1.82) is 0 Å². The van der Waals surface area contributed by atoms with E-state index in [2.05, 4.69) is 16.5 Å². The van der Waals surface area contributed by atoms with Gasteiger partial charge in [0, 0.05) is 38.4 Å². The second-order valence-electron chi connectivity index (χ2n) is 10.3. The Morgan fingerprint density at radius 3 is 2.31 bits per heavy atom. The predicted molar refractivity (Wildman–Crippen MR) is 158 cm³/mol. The van der Waals surface area contributed by atoms with Gasteiger partial charge in [0.15, 0.2) is 11.5 Å². The van der Waals surface area contributed by atoms with Crippen LogP contribution in [0.1, 0.15) is 88.7 Å². The highest BCUT2D eigenvalue weighted by Crippen LogP contribution is 2.29. The van der Waals surface area contributed by atoms with Crippen LogP contribution in [0.25, 0.3) is 0 Å². The van der Waals surface area contributed by atoms with Crippen LogP contribution in [0.5, 0.6) is 11.5 Å². The lowest BCUT2D eigenvalue weighted by atomic mass is 10.1. The number of imidazole rings is 1. The Balaban J connectivity index is 1.52. The molecule has 0 saturated heterocycles. The molecule has 3 rings (SSSR count). The van der Waals surface area contributed by atoms with E-state index in [4.69, 9.17) is 9.47 Å². The summed E-state index contributed by atoms with van der Waals surface area (Å²) in [5.74, 6) is 1.62.